The van der Waals surface area contributed by atoms with Gasteiger partial charge in [0, 0.05) is 6.42 Å². The van der Waals surface area contributed by atoms with Gasteiger partial charge in [-0.15, -0.1) is 0 Å². The van der Waals surface area contributed by atoms with Gasteiger partial charge in [-0.3, -0.25) is 14.8 Å². The average molecular weight is 410 g/mol. The zero-order valence-corrected chi connectivity index (χ0v) is 17.4. The molecule has 158 valence electrons. The van der Waals surface area contributed by atoms with Crippen LogP contribution >= 0.6 is 0 Å². The van der Waals surface area contributed by atoms with E-state index < -0.39 is 24.0 Å². The number of nitrogens with zero attached hydrogens (tertiary/aromatic N) is 2. The normalized spacial score (nSPS) is 10.8. The van der Waals surface area contributed by atoms with Gasteiger partial charge in [-0.05, 0) is 62.6 Å². The molecule has 7 heteroatoms. The second-order valence-corrected chi connectivity index (χ2v) is 7.70. The Hall–Kier alpha value is -3.37. The SMILES string of the molecule is CC(C)(C)OC(=O)CN(O)C(=O)CCCOc1ccc(-c2ccc(C#N)cc2)cc1. The Morgan fingerprint density at radius 1 is 1.03 bits per heavy atom. The van der Waals surface area contributed by atoms with Crippen molar-refractivity contribution in [3.63, 3.8) is 0 Å². The fraction of sp³-hybridized carbons (Fsp3) is 0.348. The van der Waals surface area contributed by atoms with E-state index in [0.29, 0.717) is 29.4 Å². The number of benzene rings is 2. The van der Waals surface area contributed by atoms with Crippen molar-refractivity contribution in [2.75, 3.05) is 13.2 Å². The molecule has 0 atom stereocenters. The Kier molecular flexibility index (Phi) is 7.96. The molecule has 0 unspecified atom stereocenters. The summed E-state index contributed by atoms with van der Waals surface area (Å²) in [5.74, 6) is -0.577. The highest BCUT2D eigenvalue weighted by atomic mass is 16.6. The molecule has 0 aliphatic carbocycles. The number of hydrogen-bond donors (Lipinski definition) is 1. The minimum Gasteiger partial charge on any atom is -0.494 e. The molecule has 1 amide bonds. The van der Waals surface area contributed by atoms with E-state index in [2.05, 4.69) is 6.07 Å². The highest BCUT2D eigenvalue weighted by Crippen LogP contribution is 2.23. The second-order valence-electron chi connectivity index (χ2n) is 7.70. The van der Waals surface area contributed by atoms with Crippen LogP contribution in [0, 0.1) is 11.3 Å². The van der Waals surface area contributed by atoms with Gasteiger partial charge in [-0.2, -0.15) is 5.26 Å². The maximum absolute atomic E-state index is 11.9. The predicted molar refractivity (Wildman–Crippen MR) is 111 cm³/mol. The van der Waals surface area contributed by atoms with E-state index in [1.165, 1.54) is 0 Å². The molecule has 0 heterocycles. The lowest BCUT2D eigenvalue weighted by atomic mass is 10.0. The highest BCUT2D eigenvalue weighted by Gasteiger charge is 2.20. The molecule has 0 fully saturated rings. The third kappa shape index (κ3) is 7.57. The third-order valence-electron chi connectivity index (χ3n) is 3.99. The first kappa shape index (κ1) is 22.9. The molecule has 30 heavy (non-hydrogen) atoms. The topological polar surface area (TPSA) is 99.9 Å². The largest absolute Gasteiger partial charge is 0.494 e. The first-order chi connectivity index (χ1) is 14.2. The Bertz CT molecular complexity index is 893. The van der Waals surface area contributed by atoms with Gasteiger partial charge in [0.25, 0.3) is 0 Å². The van der Waals surface area contributed by atoms with E-state index in [9.17, 15) is 14.8 Å². The van der Waals surface area contributed by atoms with Gasteiger partial charge in [0.15, 0.2) is 0 Å². The quantitative estimate of drug-likeness (QED) is 0.306. The van der Waals surface area contributed by atoms with Gasteiger partial charge in [0.05, 0.1) is 18.2 Å². The number of carbonyl (C=O) groups excluding carboxylic acids is 2. The van der Waals surface area contributed by atoms with Gasteiger partial charge >= 0.3 is 5.97 Å². The van der Waals surface area contributed by atoms with Crippen molar-refractivity contribution in [2.24, 2.45) is 0 Å². The van der Waals surface area contributed by atoms with Crippen LogP contribution in [0.2, 0.25) is 0 Å². The summed E-state index contributed by atoms with van der Waals surface area (Å²) in [5, 5.41) is 18.9. The average Bonchev–Trinajstić information content (AvgIpc) is 2.70. The molecule has 0 saturated carbocycles. The molecular weight excluding hydrogens is 384 g/mol. The standard InChI is InChI=1S/C23H26N2O5/c1-23(2,3)30-22(27)16-25(28)21(26)5-4-14-29-20-12-10-19(11-13-20)18-8-6-17(15-24)7-9-18/h6-13,28H,4-5,14,16H2,1-3H3. The Labute approximate surface area is 176 Å². The van der Waals surface area contributed by atoms with Crippen molar-refractivity contribution in [2.45, 2.75) is 39.2 Å². The lowest BCUT2D eigenvalue weighted by molar-refractivity contribution is -0.180. The van der Waals surface area contributed by atoms with Crippen LogP contribution in [0.1, 0.15) is 39.2 Å². The highest BCUT2D eigenvalue weighted by molar-refractivity contribution is 5.81. The number of hydrogen-bond acceptors (Lipinski definition) is 6. The van der Waals surface area contributed by atoms with E-state index in [-0.39, 0.29) is 6.42 Å². The molecule has 0 bridgehead atoms. The number of ether oxygens (including phenoxy) is 2. The fourth-order valence-corrected chi connectivity index (χ4v) is 2.61. The lowest BCUT2D eigenvalue weighted by Gasteiger charge is -2.21. The van der Waals surface area contributed by atoms with Gasteiger partial charge in [0.1, 0.15) is 17.9 Å². The van der Waals surface area contributed by atoms with Crippen LogP contribution in [-0.4, -0.2) is 40.9 Å². The van der Waals surface area contributed by atoms with Crippen molar-refractivity contribution < 1.29 is 24.3 Å². The molecule has 0 aromatic heterocycles. The molecular formula is C23H26N2O5. The maximum atomic E-state index is 11.9. The maximum Gasteiger partial charge on any atom is 0.328 e. The van der Waals surface area contributed by atoms with Crippen molar-refractivity contribution >= 4 is 11.9 Å². The molecule has 2 aromatic rings. The summed E-state index contributed by atoms with van der Waals surface area (Å²) in [4.78, 5) is 23.5. The second kappa shape index (κ2) is 10.4. The molecule has 7 nitrogen and oxygen atoms in total. The van der Waals surface area contributed by atoms with Crippen molar-refractivity contribution in [1.29, 1.82) is 5.26 Å². The summed E-state index contributed by atoms with van der Waals surface area (Å²) in [6, 6.07) is 16.9. The summed E-state index contributed by atoms with van der Waals surface area (Å²) >= 11 is 0. The van der Waals surface area contributed by atoms with Crippen LogP contribution in [0.25, 0.3) is 11.1 Å². The minimum absolute atomic E-state index is 0.0443. The van der Waals surface area contributed by atoms with Crippen molar-refractivity contribution in [3.05, 3.63) is 54.1 Å². The number of rotatable bonds is 8. The third-order valence-corrected chi connectivity index (χ3v) is 3.99. The molecule has 2 rings (SSSR count). The monoisotopic (exact) mass is 410 g/mol. The minimum atomic E-state index is -0.676. The Balaban J connectivity index is 1.74. The fourth-order valence-electron chi connectivity index (χ4n) is 2.61. The summed E-state index contributed by atoms with van der Waals surface area (Å²) in [6.45, 7) is 4.92. The van der Waals surface area contributed by atoms with E-state index in [1.54, 1.807) is 32.9 Å². The van der Waals surface area contributed by atoms with Crippen LogP contribution < -0.4 is 4.74 Å². The molecule has 0 spiro atoms. The van der Waals surface area contributed by atoms with Crippen LogP contribution in [0.5, 0.6) is 5.75 Å². The summed E-state index contributed by atoms with van der Waals surface area (Å²) in [7, 11) is 0. The van der Waals surface area contributed by atoms with Crippen LogP contribution in [-0.2, 0) is 14.3 Å². The zero-order chi connectivity index (χ0) is 22.1. The van der Waals surface area contributed by atoms with Gasteiger partial charge < -0.3 is 9.47 Å². The van der Waals surface area contributed by atoms with E-state index in [4.69, 9.17) is 14.7 Å². The molecule has 0 aliphatic heterocycles. The predicted octanol–water partition coefficient (Wildman–Crippen LogP) is 3.94. The number of hydroxylamine groups is 2. The van der Waals surface area contributed by atoms with Crippen LogP contribution in [0.3, 0.4) is 0 Å². The molecule has 0 aliphatic rings. The molecule has 0 radical (unpaired) electrons. The van der Waals surface area contributed by atoms with E-state index >= 15 is 0 Å². The molecule has 2 aromatic carbocycles. The van der Waals surface area contributed by atoms with Gasteiger partial charge in [-0.25, -0.2) is 5.06 Å². The van der Waals surface area contributed by atoms with Crippen molar-refractivity contribution in [3.8, 4) is 22.9 Å². The van der Waals surface area contributed by atoms with Crippen LogP contribution in [0.4, 0.5) is 0 Å². The first-order valence-corrected chi connectivity index (χ1v) is 9.62. The number of esters is 1. The Morgan fingerprint density at radius 2 is 1.60 bits per heavy atom. The number of carbonyl (C=O) groups is 2. The van der Waals surface area contributed by atoms with E-state index in [0.717, 1.165) is 11.1 Å². The van der Waals surface area contributed by atoms with E-state index in [1.807, 2.05) is 36.4 Å². The van der Waals surface area contributed by atoms with Gasteiger partial charge in [-0.1, -0.05) is 24.3 Å². The molecule has 1 N–H and O–H groups in total. The lowest BCUT2D eigenvalue weighted by Crippen LogP contribution is -2.36. The summed E-state index contributed by atoms with van der Waals surface area (Å²) < 4.78 is 10.7. The van der Waals surface area contributed by atoms with Crippen molar-refractivity contribution in [1.82, 2.24) is 5.06 Å². The number of nitriles is 1. The molecule has 0 saturated heterocycles. The zero-order valence-electron chi connectivity index (χ0n) is 17.4. The summed E-state index contributed by atoms with van der Waals surface area (Å²) in [5.41, 5.74) is 1.94. The Morgan fingerprint density at radius 3 is 2.13 bits per heavy atom. The smallest absolute Gasteiger partial charge is 0.328 e. The summed E-state index contributed by atoms with van der Waals surface area (Å²) in [6.07, 6.45) is 0.435. The van der Waals surface area contributed by atoms with Crippen LogP contribution in [0.15, 0.2) is 48.5 Å². The van der Waals surface area contributed by atoms with Gasteiger partial charge in [0.2, 0.25) is 5.91 Å². The first-order valence-electron chi connectivity index (χ1n) is 9.62. The number of amides is 1.